The van der Waals surface area contributed by atoms with Gasteiger partial charge in [-0.1, -0.05) is 43.7 Å². The van der Waals surface area contributed by atoms with E-state index in [1.165, 1.54) is 30.7 Å². The zero-order chi connectivity index (χ0) is 27.7. The fourth-order valence-corrected chi connectivity index (χ4v) is 5.63. The molecule has 0 spiro atoms. The zero-order valence-electron chi connectivity index (χ0n) is 23.4. The topological polar surface area (TPSA) is 96.3 Å². The first-order chi connectivity index (χ1) is 18.7. The van der Waals surface area contributed by atoms with Gasteiger partial charge in [0.25, 0.3) is 0 Å². The van der Waals surface area contributed by atoms with Gasteiger partial charge in [0.05, 0.1) is 11.4 Å². The Morgan fingerprint density at radius 1 is 1.13 bits per heavy atom. The fourth-order valence-electron chi connectivity index (χ4n) is 5.63. The predicted octanol–water partition coefficient (Wildman–Crippen LogP) is 4.50. The van der Waals surface area contributed by atoms with Crippen LogP contribution in [-0.4, -0.2) is 61.4 Å². The molecule has 1 unspecified atom stereocenters. The Kier molecular flexibility index (Phi) is 7.79. The van der Waals surface area contributed by atoms with Crippen LogP contribution in [0, 0.1) is 5.92 Å². The minimum atomic E-state index is -0.311. The van der Waals surface area contributed by atoms with E-state index in [1.54, 1.807) is 10.8 Å². The SMILES string of the molecule is C=CC(=O)N1CC[C@@H](N(C)C(CC2CC2)c2ccc([C@H](C)Nc3ncc4cnc(=O)n(C(C)C)c4n3)cc2)C1. The Hall–Kier alpha value is -3.59. The molecular formula is C30H39N7O2. The average Bonchev–Trinajstić information content (AvgIpc) is 3.62. The van der Waals surface area contributed by atoms with Crippen molar-refractivity contribution in [3.8, 4) is 0 Å². The Morgan fingerprint density at radius 3 is 2.49 bits per heavy atom. The molecule has 1 aliphatic heterocycles. The molecule has 1 amide bonds. The molecule has 1 saturated heterocycles. The summed E-state index contributed by atoms with van der Waals surface area (Å²) in [6.45, 7) is 11.2. The molecule has 2 aliphatic rings. The summed E-state index contributed by atoms with van der Waals surface area (Å²) in [5, 5.41) is 4.13. The number of carbonyl (C=O) groups is 1. The Balaban J connectivity index is 1.31. The van der Waals surface area contributed by atoms with Crippen molar-refractivity contribution in [3.63, 3.8) is 0 Å². The zero-order valence-corrected chi connectivity index (χ0v) is 23.4. The van der Waals surface area contributed by atoms with E-state index in [0.717, 1.165) is 42.8 Å². The fraction of sp³-hybridized carbons (Fsp3) is 0.500. The van der Waals surface area contributed by atoms with Crippen LogP contribution in [0.4, 0.5) is 5.95 Å². The molecule has 1 aromatic carbocycles. The van der Waals surface area contributed by atoms with Crippen molar-refractivity contribution in [2.75, 3.05) is 25.5 Å². The maximum absolute atomic E-state index is 12.3. The molecule has 3 heterocycles. The number of likely N-dealkylation sites (tertiary alicyclic amines) is 1. The van der Waals surface area contributed by atoms with Crippen LogP contribution < -0.4 is 11.0 Å². The van der Waals surface area contributed by atoms with Gasteiger partial charge in [0.2, 0.25) is 11.9 Å². The highest BCUT2D eigenvalue weighted by Crippen LogP contribution is 2.41. The number of benzene rings is 1. The van der Waals surface area contributed by atoms with Crippen molar-refractivity contribution in [2.45, 2.75) is 70.6 Å². The lowest BCUT2D eigenvalue weighted by Gasteiger charge is -2.34. The van der Waals surface area contributed by atoms with Gasteiger partial charge < -0.3 is 10.2 Å². The minimum absolute atomic E-state index is 0.0227. The van der Waals surface area contributed by atoms with Gasteiger partial charge in [0, 0.05) is 43.6 Å². The van der Waals surface area contributed by atoms with Crippen LogP contribution >= 0.6 is 0 Å². The molecule has 206 valence electrons. The summed E-state index contributed by atoms with van der Waals surface area (Å²) >= 11 is 0. The largest absolute Gasteiger partial charge is 0.349 e. The van der Waals surface area contributed by atoms with Crippen molar-refractivity contribution < 1.29 is 4.79 Å². The molecule has 3 atom stereocenters. The number of fused-ring (bicyclic) bond motifs is 1. The van der Waals surface area contributed by atoms with E-state index in [2.05, 4.69) is 70.0 Å². The van der Waals surface area contributed by atoms with Gasteiger partial charge in [-0.3, -0.25) is 14.3 Å². The van der Waals surface area contributed by atoms with E-state index in [1.807, 2.05) is 18.7 Å². The van der Waals surface area contributed by atoms with Crippen molar-refractivity contribution in [1.82, 2.24) is 29.3 Å². The van der Waals surface area contributed by atoms with Crippen molar-refractivity contribution in [1.29, 1.82) is 0 Å². The molecule has 39 heavy (non-hydrogen) atoms. The summed E-state index contributed by atoms with van der Waals surface area (Å²) in [6, 6.07) is 9.42. The van der Waals surface area contributed by atoms with Crippen LogP contribution in [0.25, 0.3) is 11.0 Å². The highest BCUT2D eigenvalue weighted by atomic mass is 16.2. The second-order valence-electron chi connectivity index (χ2n) is 11.3. The van der Waals surface area contributed by atoms with Crippen LogP contribution in [0.1, 0.15) is 75.7 Å². The monoisotopic (exact) mass is 529 g/mol. The number of nitrogens with one attached hydrogen (secondary N) is 1. The van der Waals surface area contributed by atoms with Gasteiger partial charge >= 0.3 is 5.69 Å². The van der Waals surface area contributed by atoms with E-state index < -0.39 is 0 Å². The molecule has 3 aromatic rings. The summed E-state index contributed by atoms with van der Waals surface area (Å²) < 4.78 is 1.59. The molecule has 1 saturated carbocycles. The molecule has 1 aliphatic carbocycles. The van der Waals surface area contributed by atoms with Crippen LogP contribution in [0.5, 0.6) is 0 Å². The Labute approximate surface area is 230 Å². The highest BCUT2D eigenvalue weighted by Gasteiger charge is 2.35. The number of carbonyl (C=O) groups excluding carboxylic acids is 1. The van der Waals surface area contributed by atoms with E-state index in [-0.39, 0.29) is 23.7 Å². The normalized spacial score (nSPS) is 19.0. The van der Waals surface area contributed by atoms with Gasteiger partial charge in [0.15, 0.2) is 5.65 Å². The summed E-state index contributed by atoms with van der Waals surface area (Å²) in [5.74, 6) is 1.29. The summed E-state index contributed by atoms with van der Waals surface area (Å²) in [5.41, 5.74) is 2.71. The highest BCUT2D eigenvalue weighted by molar-refractivity contribution is 5.87. The summed E-state index contributed by atoms with van der Waals surface area (Å²) in [4.78, 5) is 41.9. The first kappa shape index (κ1) is 27.0. The molecule has 0 radical (unpaired) electrons. The quantitative estimate of drug-likeness (QED) is 0.386. The average molecular weight is 530 g/mol. The molecule has 0 bridgehead atoms. The van der Waals surface area contributed by atoms with Crippen LogP contribution in [0.3, 0.4) is 0 Å². The lowest BCUT2D eigenvalue weighted by Crippen LogP contribution is -2.38. The first-order valence-electron chi connectivity index (χ1n) is 14.0. The van der Waals surface area contributed by atoms with Crippen molar-refractivity contribution in [3.05, 3.63) is 70.9 Å². The van der Waals surface area contributed by atoms with E-state index in [0.29, 0.717) is 23.7 Å². The summed E-state index contributed by atoms with van der Waals surface area (Å²) in [7, 11) is 2.21. The number of likely N-dealkylation sites (N-methyl/N-ethyl adjacent to an activating group) is 1. The van der Waals surface area contributed by atoms with Crippen LogP contribution in [0.15, 0.2) is 54.1 Å². The minimum Gasteiger partial charge on any atom is -0.348 e. The standard InChI is InChI=1S/C30H39N7O2/c1-6-27(38)36-14-13-25(18-36)35(5)26(15-21-7-8-21)23-11-9-22(10-12-23)20(4)33-29-31-16-24-17-32-30(39)37(19(2)3)28(24)34-29/h6,9-12,16-17,19-21,25-26H,1,7-8,13-15,18H2,2-5H3,(H,31,33,34)/t20-,25+,26?/m0/s1. The third kappa shape index (κ3) is 5.88. The maximum Gasteiger partial charge on any atom is 0.349 e. The number of hydrogen-bond donors (Lipinski definition) is 1. The Morgan fingerprint density at radius 2 is 1.82 bits per heavy atom. The third-order valence-electron chi connectivity index (χ3n) is 8.20. The van der Waals surface area contributed by atoms with Gasteiger partial charge in [-0.2, -0.15) is 4.98 Å². The lowest BCUT2D eigenvalue weighted by molar-refractivity contribution is -0.125. The first-order valence-corrected chi connectivity index (χ1v) is 14.0. The van der Waals surface area contributed by atoms with Gasteiger partial charge in [-0.25, -0.2) is 14.8 Å². The molecule has 2 aromatic heterocycles. The van der Waals surface area contributed by atoms with Crippen molar-refractivity contribution in [2.24, 2.45) is 5.92 Å². The number of amides is 1. The van der Waals surface area contributed by atoms with Crippen LogP contribution in [-0.2, 0) is 4.79 Å². The smallest absolute Gasteiger partial charge is 0.348 e. The second-order valence-corrected chi connectivity index (χ2v) is 11.3. The maximum atomic E-state index is 12.3. The van der Waals surface area contributed by atoms with Crippen molar-refractivity contribution >= 4 is 22.9 Å². The second kappa shape index (κ2) is 11.3. The van der Waals surface area contributed by atoms with E-state index in [4.69, 9.17) is 0 Å². The molecule has 2 fully saturated rings. The van der Waals surface area contributed by atoms with Gasteiger partial charge in [-0.05, 0) is 63.8 Å². The third-order valence-corrected chi connectivity index (χ3v) is 8.20. The molecule has 9 heteroatoms. The van der Waals surface area contributed by atoms with Gasteiger partial charge in [0.1, 0.15) is 0 Å². The predicted molar refractivity (Wildman–Crippen MR) is 153 cm³/mol. The lowest BCUT2D eigenvalue weighted by atomic mass is 9.96. The van der Waals surface area contributed by atoms with Crippen LogP contribution in [0.2, 0.25) is 0 Å². The number of hydrogen-bond acceptors (Lipinski definition) is 7. The number of nitrogens with zero attached hydrogens (tertiary/aromatic N) is 6. The Bertz CT molecular complexity index is 1400. The molecule has 9 nitrogen and oxygen atoms in total. The molecule has 1 N–H and O–H groups in total. The molecule has 5 rings (SSSR count). The van der Waals surface area contributed by atoms with Gasteiger partial charge in [-0.15, -0.1) is 0 Å². The van der Waals surface area contributed by atoms with E-state index in [9.17, 15) is 9.59 Å². The number of anilines is 1. The summed E-state index contributed by atoms with van der Waals surface area (Å²) in [6.07, 6.45) is 9.40. The number of rotatable bonds is 10. The molecular weight excluding hydrogens is 490 g/mol. The van der Waals surface area contributed by atoms with E-state index >= 15 is 0 Å². The number of aromatic nitrogens is 4.